The van der Waals surface area contributed by atoms with E-state index in [9.17, 15) is 4.79 Å². The Morgan fingerprint density at radius 3 is 2.79 bits per heavy atom. The Hall–Kier alpha value is -4.04. The van der Waals surface area contributed by atoms with Crippen LogP contribution in [0.3, 0.4) is 0 Å². The van der Waals surface area contributed by atoms with Crippen molar-refractivity contribution in [2.45, 2.75) is 27.3 Å². The Kier molecular flexibility index (Phi) is 6.19. The number of nitrogens with one attached hydrogen (secondary N) is 3. The molecule has 0 fully saturated rings. The van der Waals surface area contributed by atoms with Gasteiger partial charge in [0.1, 0.15) is 5.52 Å². The highest BCUT2D eigenvalue weighted by atomic mass is 16.1. The molecule has 0 spiro atoms. The van der Waals surface area contributed by atoms with Crippen LogP contribution in [0.1, 0.15) is 36.4 Å². The van der Waals surface area contributed by atoms with Crippen molar-refractivity contribution in [1.29, 1.82) is 0 Å². The molecule has 8 nitrogen and oxygen atoms in total. The number of anilines is 2. The van der Waals surface area contributed by atoms with E-state index in [0.717, 1.165) is 40.9 Å². The number of carbonyl (C=O) groups excluding carboxylic acids is 1. The quantitative estimate of drug-likeness (QED) is 0.221. The molecule has 0 atom stereocenters. The Balaban J connectivity index is 1.73. The number of fused-ring (bicyclic) bond motifs is 1. The molecule has 7 N–H and O–H groups in total. The number of benzene rings is 2. The van der Waals surface area contributed by atoms with Crippen LogP contribution < -0.4 is 21.8 Å². The van der Waals surface area contributed by atoms with Crippen molar-refractivity contribution >= 4 is 34.0 Å². The van der Waals surface area contributed by atoms with Crippen LogP contribution in [0.4, 0.5) is 11.4 Å². The van der Waals surface area contributed by atoms with Gasteiger partial charge < -0.3 is 21.4 Å². The molecule has 2 aromatic carbocycles. The first-order valence-electron chi connectivity index (χ1n) is 10.8. The normalized spacial score (nSPS) is 11.0. The molecular weight excluding hydrogens is 414 g/mol. The molecule has 168 valence electrons. The summed E-state index contributed by atoms with van der Waals surface area (Å²) in [5.41, 5.74) is 14.3. The zero-order valence-corrected chi connectivity index (χ0v) is 19.0. The lowest BCUT2D eigenvalue weighted by atomic mass is 9.95. The minimum absolute atomic E-state index is 0.165. The van der Waals surface area contributed by atoms with E-state index >= 15 is 0 Å². The second-order valence-corrected chi connectivity index (χ2v) is 7.94. The molecule has 0 radical (unpaired) electrons. The van der Waals surface area contributed by atoms with E-state index in [0.29, 0.717) is 34.0 Å². The Labute approximate surface area is 192 Å². The average molecular weight is 443 g/mol. The summed E-state index contributed by atoms with van der Waals surface area (Å²) in [6.07, 6.45) is 3.75. The molecule has 0 aliphatic carbocycles. The number of hydrogen-bond acceptors (Lipinski definition) is 5. The number of rotatable bonds is 7. The molecule has 8 heteroatoms. The SMILES string of the molecule is CCNCc1cncc(-c2ccc(N)c(C(=[NH2+])c3nc4c(NC(C)=O)cccc4[nH]3)c2)c1C. The van der Waals surface area contributed by atoms with Crippen LogP contribution in [0.2, 0.25) is 0 Å². The van der Waals surface area contributed by atoms with Gasteiger partial charge in [0, 0.05) is 37.1 Å². The number of nitrogens with zero attached hydrogens (tertiary/aromatic N) is 2. The highest BCUT2D eigenvalue weighted by molar-refractivity contribution is 6.12. The highest BCUT2D eigenvalue weighted by Gasteiger charge is 2.21. The average Bonchev–Trinajstić information content (AvgIpc) is 3.24. The van der Waals surface area contributed by atoms with Crippen molar-refractivity contribution < 1.29 is 10.2 Å². The molecule has 2 aromatic heterocycles. The molecule has 0 saturated carbocycles. The Morgan fingerprint density at radius 1 is 1.21 bits per heavy atom. The van der Waals surface area contributed by atoms with E-state index < -0.39 is 0 Å². The number of para-hydroxylation sites is 1. The first kappa shape index (κ1) is 22.2. The molecule has 0 unspecified atom stereocenters. The smallest absolute Gasteiger partial charge is 0.249 e. The minimum Gasteiger partial charge on any atom is -0.398 e. The molecule has 4 rings (SSSR count). The number of nitrogen functional groups attached to an aromatic ring is 1. The summed E-state index contributed by atoms with van der Waals surface area (Å²) in [5, 5.41) is 12.7. The number of imidazole rings is 1. The number of nitrogens with two attached hydrogens (primary N) is 2. The van der Waals surface area contributed by atoms with E-state index in [1.807, 2.05) is 42.7 Å². The molecule has 0 aliphatic heterocycles. The van der Waals surface area contributed by atoms with Crippen LogP contribution in [0.25, 0.3) is 22.2 Å². The van der Waals surface area contributed by atoms with Gasteiger partial charge >= 0.3 is 0 Å². The zero-order chi connectivity index (χ0) is 23.5. The molecule has 4 aromatic rings. The van der Waals surface area contributed by atoms with Gasteiger partial charge in [-0.2, -0.15) is 0 Å². The van der Waals surface area contributed by atoms with Crippen LogP contribution in [0.15, 0.2) is 48.8 Å². The number of pyridine rings is 1. The molecule has 0 bridgehead atoms. The summed E-state index contributed by atoms with van der Waals surface area (Å²) < 4.78 is 0. The predicted octanol–water partition coefficient (Wildman–Crippen LogP) is 2.18. The van der Waals surface area contributed by atoms with Crippen LogP contribution >= 0.6 is 0 Å². The van der Waals surface area contributed by atoms with Crippen molar-refractivity contribution in [3.8, 4) is 11.1 Å². The van der Waals surface area contributed by atoms with Gasteiger partial charge in [0.15, 0.2) is 0 Å². The van der Waals surface area contributed by atoms with E-state index in [1.165, 1.54) is 6.92 Å². The molecule has 0 aliphatic rings. The number of H-pyrrole nitrogens is 1. The number of hydrogen-bond donors (Lipinski definition) is 5. The van der Waals surface area contributed by atoms with Crippen molar-refractivity contribution in [2.24, 2.45) is 0 Å². The lowest BCUT2D eigenvalue weighted by Crippen LogP contribution is -2.42. The maximum absolute atomic E-state index is 11.5. The number of carbonyl (C=O) groups is 1. The van der Waals surface area contributed by atoms with Gasteiger partial charge in [0.2, 0.25) is 17.4 Å². The Bertz CT molecular complexity index is 1360. The van der Waals surface area contributed by atoms with Crippen LogP contribution in [-0.4, -0.2) is 33.1 Å². The summed E-state index contributed by atoms with van der Waals surface area (Å²) >= 11 is 0. The Morgan fingerprint density at radius 2 is 2.03 bits per heavy atom. The fourth-order valence-electron chi connectivity index (χ4n) is 3.83. The molecule has 0 saturated heterocycles. The van der Waals surface area contributed by atoms with Crippen LogP contribution in [-0.2, 0) is 11.3 Å². The second-order valence-electron chi connectivity index (χ2n) is 7.94. The first-order valence-corrected chi connectivity index (χ1v) is 10.8. The third kappa shape index (κ3) is 4.47. The predicted molar refractivity (Wildman–Crippen MR) is 132 cm³/mol. The van der Waals surface area contributed by atoms with Crippen LogP contribution in [0.5, 0.6) is 0 Å². The fraction of sp³-hybridized carbons (Fsp3) is 0.200. The highest BCUT2D eigenvalue weighted by Crippen LogP contribution is 2.29. The molecule has 33 heavy (non-hydrogen) atoms. The number of aromatic nitrogens is 3. The maximum atomic E-state index is 11.5. The monoisotopic (exact) mass is 442 g/mol. The third-order valence-electron chi connectivity index (χ3n) is 5.62. The van der Waals surface area contributed by atoms with Gasteiger partial charge in [0.05, 0.1) is 16.8 Å². The first-order chi connectivity index (χ1) is 15.9. The van der Waals surface area contributed by atoms with Gasteiger partial charge in [-0.25, -0.2) is 4.98 Å². The maximum Gasteiger partial charge on any atom is 0.249 e. The van der Waals surface area contributed by atoms with Crippen LogP contribution in [0, 0.1) is 6.92 Å². The van der Waals surface area contributed by atoms with Crippen molar-refractivity contribution in [3.63, 3.8) is 0 Å². The molecule has 2 heterocycles. The van der Waals surface area contributed by atoms with E-state index in [2.05, 4.69) is 39.4 Å². The van der Waals surface area contributed by atoms with Gasteiger partial charge in [-0.05, 0) is 54.4 Å². The van der Waals surface area contributed by atoms with E-state index in [-0.39, 0.29) is 5.91 Å². The molecular formula is C25H28N7O+. The second kappa shape index (κ2) is 9.22. The topological polar surface area (TPSA) is 134 Å². The number of amides is 1. The molecule has 1 amide bonds. The standard InChI is InChI=1S/C25H27N7O/c1-4-28-11-17-12-29-13-19(14(17)2)16-8-9-20(26)18(10-16)23(27)25-31-22-7-5-6-21(24(22)32-25)30-15(3)33/h5-10,12-13,27-28H,4,11,26H2,1-3H3,(H,30,33)(H,31,32)/p+1. The van der Waals surface area contributed by atoms with Crippen molar-refractivity contribution in [1.82, 2.24) is 20.3 Å². The van der Waals surface area contributed by atoms with Gasteiger partial charge in [-0.1, -0.05) is 19.1 Å². The van der Waals surface area contributed by atoms with E-state index in [1.54, 1.807) is 6.07 Å². The summed E-state index contributed by atoms with van der Waals surface area (Å²) in [5.74, 6) is 0.323. The summed E-state index contributed by atoms with van der Waals surface area (Å²) in [7, 11) is 0. The lowest BCUT2D eigenvalue weighted by molar-refractivity contribution is -0.114. The third-order valence-corrected chi connectivity index (χ3v) is 5.62. The van der Waals surface area contributed by atoms with Gasteiger partial charge in [-0.3, -0.25) is 15.2 Å². The summed E-state index contributed by atoms with van der Waals surface area (Å²) in [6, 6.07) is 11.3. The summed E-state index contributed by atoms with van der Waals surface area (Å²) in [4.78, 5) is 23.9. The summed E-state index contributed by atoms with van der Waals surface area (Å²) in [6.45, 7) is 7.28. The van der Waals surface area contributed by atoms with E-state index in [4.69, 9.17) is 11.1 Å². The largest absolute Gasteiger partial charge is 0.398 e. The minimum atomic E-state index is -0.165. The van der Waals surface area contributed by atoms with Gasteiger partial charge in [-0.15, -0.1) is 0 Å². The van der Waals surface area contributed by atoms with Crippen molar-refractivity contribution in [3.05, 3.63) is 71.3 Å². The van der Waals surface area contributed by atoms with Gasteiger partial charge in [0.25, 0.3) is 0 Å². The van der Waals surface area contributed by atoms with Crippen molar-refractivity contribution in [2.75, 3.05) is 17.6 Å². The number of aromatic amines is 1. The fourth-order valence-corrected chi connectivity index (χ4v) is 3.83. The lowest BCUT2D eigenvalue weighted by Gasteiger charge is -2.12. The zero-order valence-electron chi connectivity index (χ0n) is 19.0.